The molecule has 20 heavy (non-hydrogen) atoms. The summed E-state index contributed by atoms with van der Waals surface area (Å²) in [5.74, 6) is 0. The average molecular weight is 268 g/mol. The van der Waals surface area contributed by atoms with E-state index in [9.17, 15) is 10.1 Å². The van der Waals surface area contributed by atoms with Gasteiger partial charge in [-0.2, -0.15) is 0 Å². The van der Waals surface area contributed by atoms with Crippen LogP contribution in [0.4, 0.5) is 5.69 Å². The van der Waals surface area contributed by atoms with Gasteiger partial charge in [-0.15, -0.1) is 0 Å². The van der Waals surface area contributed by atoms with Crippen molar-refractivity contribution in [3.8, 4) is 0 Å². The van der Waals surface area contributed by atoms with E-state index in [-0.39, 0.29) is 10.6 Å². The molecule has 0 aliphatic carbocycles. The van der Waals surface area contributed by atoms with Gasteiger partial charge in [0, 0.05) is 40.5 Å². The molecule has 0 unspecified atom stereocenters. The Hall–Kier alpha value is -2.36. The minimum Gasteiger partial charge on any atom is -0.340 e. The van der Waals surface area contributed by atoms with E-state index in [1.54, 1.807) is 12.1 Å². The molecule has 0 radical (unpaired) electrons. The zero-order valence-electron chi connectivity index (χ0n) is 11.4. The molecule has 0 spiro atoms. The third-order valence-corrected chi connectivity index (χ3v) is 3.70. The summed E-state index contributed by atoms with van der Waals surface area (Å²) >= 11 is 0. The predicted octanol–water partition coefficient (Wildman–Crippen LogP) is 4.50. The van der Waals surface area contributed by atoms with Crippen molar-refractivity contribution in [2.24, 2.45) is 0 Å². The van der Waals surface area contributed by atoms with Crippen LogP contribution in [0.3, 0.4) is 0 Å². The van der Waals surface area contributed by atoms with Crippen molar-refractivity contribution in [2.75, 3.05) is 0 Å². The lowest BCUT2D eigenvalue weighted by Crippen LogP contribution is -1.97. The number of nitro benzene ring substituents is 1. The van der Waals surface area contributed by atoms with E-state index < -0.39 is 0 Å². The molecule has 0 aliphatic heterocycles. The number of unbranched alkanes of at least 4 members (excludes halogenated alkanes) is 1. The molecule has 0 saturated carbocycles. The first-order chi connectivity index (χ1) is 9.72. The zero-order valence-corrected chi connectivity index (χ0v) is 11.4. The van der Waals surface area contributed by atoms with E-state index in [1.807, 2.05) is 24.3 Å². The third-order valence-electron chi connectivity index (χ3n) is 3.70. The van der Waals surface area contributed by atoms with Gasteiger partial charge >= 0.3 is 0 Å². The monoisotopic (exact) mass is 268 g/mol. The fourth-order valence-corrected chi connectivity index (χ4v) is 2.71. The van der Waals surface area contributed by atoms with Gasteiger partial charge in [0.1, 0.15) is 0 Å². The van der Waals surface area contributed by atoms with Crippen LogP contribution < -0.4 is 0 Å². The molecule has 3 rings (SSSR count). The van der Waals surface area contributed by atoms with E-state index in [1.165, 1.54) is 0 Å². The van der Waals surface area contributed by atoms with Crippen LogP contribution in [0.2, 0.25) is 0 Å². The second kappa shape index (κ2) is 4.96. The second-order valence-electron chi connectivity index (χ2n) is 4.98. The number of hydrogen-bond donors (Lipinski definition) is 0. The molecule has 0 amide bonds. The van der Waals surface area contributed by atoms with Crippen molar-refractivity contribution >= 4 is 27.5 Å². The molecule has 4 heteroatoms. The minimum absolute atomic E-state index is 0.149. The molecule has 0 fully saturated rings. The minimum atomic E-state index is -0.336. The summed E-state index contributed by atoms with van der Waals surface area (Å²) in [7, 11) is 0. The van der Waals surface area contributed by atoms with Gasteiger partial charge in [-0.1, -0.05) is 31.5 Å². The first kappa shape index (κ1) is 12.7. The lowest BCUT2D eigenvalue weighted by molar-refractivity contribution is -0.384. The topological polar surface area (TPSA) is 48.1 Å². The Kier molecular flexibility index (Phi) is 3.14. The SMILES string of the molecule is CCCCn1c2ccccc2c2cc([N+](=O)[O-])ccc21. The van der Waals surface area contributed by atoms with E-state index in [0.29, 0.717) is 0 Å². The number of benzene rings is 2. The molecule has 0 aliphatic rings. The molecule has 0 atom stereocenters. The molecule has 1 aromatic heterocycles. The normalized spacial score (nSPS) is 11.2. The second-order valence-corrected chi connectivity index (χ2v) is 4.98. The maximum atomic E-state index is 11.0. The number of rotatable bonds is 4. The van der Waals surface area contributed by atoms with Gasteiger partial charge in [0.15, 0.2) is 0 Å². The quantitative estimate of drug-likeness (QED) is 0.516. The first-order valence-electron chi connectivity index (χ1n) is 6.87. The summed E-state index contributed by atoms with van der Waals surface area (Å²) in [6.45, 7) is 3.11. The van der Waals surface area contributed by atoms with Crippen molar-refractivity contribution in [3.63, 3.8) is 0 Å². The van der Waals surface area contributed by atoms with Crippen molar-refractivity contribution in [2.45, 2.75) is 26.3 Å². The zero-order chi connectivity index (χ0) is 14.1. The third kappa shape index (κ3) is 1.93. The van der Waals surface area contributed by atoms with E-state index >= 15 is 0 Å². The van der Waals surface area contributed by atoms with Crippen molar-refractivity contribution in [1.82, 2.24) is 4.57 Å². The Morgan fingerprint density at radius 2 is 1.85 bits per heavy atom. The molecule has 2 aromatic carbocycles. The molecule has 3 aromatic rings. The lowest BCUT2D eigenvalue weighted by atomic mass is 10.1. The van der Waals surface area contributed by atoms with Crippen molar-refractivity contribution in [3.05, 3.63) is 52.6 Å². The first-order valence-corrected chi connectivity index (χ1v) is 6.87. The fraction of sp³-hybridized carbons (Fsp3) is 0.250. The average Bonchev–Trinajstić information content (AvgIpc) is 2.78. The van der Waals surface area contributed by atoms with Gasteiger partial charge in [-0.05, 0) is 18.6 Å². The van der Waals surface area contributed by atoms with Crippen molar-refractivity contribution < 1.29 is 4.92 Å². The Morgan fingerprint density at radius 3 is 2.60 bits per heavy atom. The van der Waals surface area contributed by atoms with Crippen LogP contribution in [0.25, 0.3) is 21.8 Å². The predicted molar refractivity (Wildman–Crippen MR) is 81.0 cm³/mol. The number of fused-ring (bicyclic) bond motifs is 3. The molecule has 4 nitrogen and oxygen atoms in total. The maximum absolute atomic E-state index is 11.0. The van der Waals surface area contributed by atoms with E-state index in [0.717, 1.165) is 41.2 Å². The standard InChI is InChI=1S/C16H16N2O2/c1-2-3-10-17-15-7-5-4-6-13(15)14-11-12(18(19)20)8-9-16(14)17/h4-9,11H,2-3,10H2,1H3. The number of nitrogens with zero attached hydrogens (tertiary/aromatic N) is 2. The van der Waals surface area contributed by atoms with Crippen LogP contribution in [0.1, 0.15) is 19.8 Å². The smallest absolute Gasteiger partial charge is 0.270 e. The maximum Gasteiger partial charge on any atom is 0.270 e. The van der Waals surface area contributed by atoms with Gasteiger partial charge in [-0.25, -0.2) is 0 Å². The number of aryl methyl sites for hydroxylation is 1. The Morgan fingerprint density at radius 1 is 1.10 bits per heavy atom. The highest BCUT2D eigenvalue weighted by atomic mass is 16.6. The lowest BCUT2D eigenvalue weighted by Gasteiger charge is -2.05. The van der Waals surface area contributed by atoms with Crippen LogP contribution in [0.15, 0.2) is 42.5 Å². The highest BCUT2D eigenvalue weighted by Crippen LogP contribution is 2.31. The van der Waals surface area contributed by atoms with Crippen LogP contribution in [0.5, 0.6) is 0 Å². The van der Waals surface area contributed by atoms with Crippen molar-refractivity contribution in [1.29, 1.82) is 0 Å². The van der Waals surface area contributed by atoms with E-state index in [2.05, 4.69) is 17.6 Å². The molecule has 0 saturated heterocycles. The number of non-ortho nitro benzene ring substituents is 1. The summed E-state index contributed by atoms with van der Waals surface area (Å²) in [4.78, 5) is 10.6. The number of nitro groups is 1. The summed E-state index contributed by atoms with van der Waals surface area (Å²) in [6.07, 6.45) is 2.23. The summed E-state index contributed by atoms with van der Waals surface area (Å²) in [5, 5.41) is 13.0. The van der Waals surface area contributed by atoms with Crippen LogP contribution in [-0.4, -0.2) is 9.49 Å². The molecular formula is C16H16N2O2. The Balaban J connectivity index is 2.32. The van der Waals surface area contributed by atoms with Gasteiger partial charge in [0.2, 0.25) is 0 Å². The van der Waals surface area contributed by atoms with E-state index in [4.69, 9.17) is 0 Å². The molecule has 0 bridgehead atoms. The van der Waals surface area contributed by atoms with Crippen LogP contribution in [-0.2, 0) is 6.54 Å². The number of para-hydroxylation sites is 1. The van der Waals surface area contributed by atoms with Gasteiger partial charge in [-0.3, -0.25) is 10.1 Å². The highest BCUT2D eigenvalue weighted by molar-refractivity contribution is 6.08. The van der Waals surface area contributed by atoms with Gasteiger partial charge in [0.25, 0.3) is 5.69 Å². The summed E-state index contributed by atoms with van der Waals surface area (Å²) in [6, 6.07) is 13.2. The number of aromatic nitrogens is 1. The summed E-state index contributed by atoms with van der Waals surface area (Å²) in [5.41, 5.74) is 2.37. The molecule has 0 N–H and O–H groups in total. The Bertz CT molecular complexity index is 790. The van der Waals surface area contributed by atoms with Gasteiger partial charge in [0.05, 0.1) is 4.92 Å². The van der Waals surface area contributed by atoms with Gasteiger partial charge < -0.3 is 4.57 Å². The largest absolute Gasteiger partial charge is 0.340 e. The molecule has 102 valence electrons. The molecule has 1 heterocycles. The Labute approximate surface area is 116 Å². The molecular weight excluding hydrogens is 252 g/mol. The van der Waals surface area contributed by atoms with Crippen LogP contribution in [0, 0.1) is 10.1 Å². The fourth-order valence-electron chi connectivity index (χ4n) is 2.71. The summed E-state index contributed by atoms with van der Waals surface area (Å²) < 4.78 is 2.26. The number of hydrogen-bond acceptors (Lipinski definition) is 2. The van der Waals surface area contributed by atoms with Crippen LogP contribution >= 0.6 is 0 Å². The highest BCUT2D eigenvalue weighted by Gasteiger charge is 2.13.